The van der Waals surface area contributed by atoms with Crippen LogP contribution in [0.3, 0.4) is 0 Å². The number of amides is 3. The zero-order chi connectivity index (χ0) is 23.9. The fourth-order valence-electron chi connectivity index (χ4n) is 5.47. The second-order valence-electron chi connectivity index (χ2n) is 8.69. The summed E-state index contributed by atoms with van der Waals surface area (Å²) in [6, 6.07) is 5.06. The first kappa shape index (κ1) is 21.7. The van der Waals surface area contributed by atoms with Gasteiger partial charge in [-0.15, -0.1) is 11.8 Å². The van der Waals surface area contributed by atoms with Gasteiger partial charge in [0.15, 0.2) is 0 Å². The molecule has 4 unspecified atom stereocenters. The number of imide groups is 1. The summed E-state index contributed by atoms with van der Waals surface area (Å²) < 4.78 is 10.3. The first-order valence-electron chi connectivity index (χ1n) is 10.6. The molecule has 4 aliphatic rings. The molecule has 0 N–H and O–H groups in total. The molecule has 1 aromatic rings. The van der Waals surface area contributed by atoms with Gasteiger partial charge in [0.05, 0.1) is 30.1 Å². The van der Waals surface area contributed by atoms with Gasteiger partial charge in [0.2, 0.25) is 0 Å². The van der Waals surface area contributed by atoms with Crippen LogP contribution in [0.2, 0.25) is 0 Å². The summed E-state index contributed by atoms with van der Waals surface area (Å²) in [7, 11) is 1.26. The number of carbonyl (C=O) groups excluding carboxylic acids is 5. The topological polar surface area (TPSA) is 110 Å². The van der Waals surface area contributed by atoms with Crippen molar-refractivity contribution in [3.63, 3.8) is 0 Å². The Hall–Kier alpha value is -3.14. The highest BCUT2D eigenvalue weighted by atomic mass is 32.2. The maximum absolute atomic E-state index is 13.9. The van der Waals surface area contributed by atoms with Crippen molar-refractivity contribution in [2.75, 3.05) is 13.7 Å². The molecule has 1 spiro atoms. The Morgan fingerprint density at radius 2 is 1.76 bits per heavy atom. The van der Waals surface area contributed by atoms with E-state index in [-0.39, 0.29) is 35.1 Å². The first-order valence-corrected chi connectivity index (χ1v) is 11.5. The van der Waals surface area contributed by atoms with Crippen molar-refractivity contribution < 1.29 is 33.4 Å². The number of thioether (sulfide) groups is 1. The molecule has 0 aliphatic carbocycles. The van der Waals surface area contributed by atoms with E-state index in [9.17, 15) is 24.0 Å². The lowest BCUT2D eigenvalue weighted by Crippen LogP contribution is -2.66. The summed E-state index contributed by atoms with van der Waals surface area (Å²) in [5.41, 5.74) is -0.173. The van der Waals surface area contributed by atoms with Crippen LogP contribution in [0.25, 0.3) is 0 Å². The maximum Gasteiger partial charge on any atom is 0.355 e. The Labute approximate surface area is 194 Å². The Morgan fingerprint density at radius 3 is 2.30 bits per heavy atom. The average molecular weight is 471 g/mol. The molecule has 4 aliphatic heterocycles. The molecule has 2 fully saturated rings. The summed E-state index contributed by atoms with van der Waals surface area (Å²) >= 11 is 1.40. The predicted octanol–water partition coefficient (Wildman–Crippen LogP) is 1.73. The fourth-order valence-corrected chi connectivity index (χ4v) is 7.31. The van der Waals surface area contributed by atoms with Crippen LogP contribution >= 0.6 is 11.8 Å². The summed E-state index contributed by atoms with van der Waals surface area (Å²) in [4.78, 5) is 67.4. The third-order valence-electron chi connectivity index (χ3n) is 7.06. The Morgan fingerprint density at radius 1 is 1.15 bits per heavy atom. The number of methoxy groups -OCH3 is 1. The molecular weight excluding hydrogens is 448 g/mol. The normalized spacial score (nSPS) is 31.9. The molecule has 3 amide bonds. The smallest absolute Gasteiger partial charge is 0.355 e. The third kappa shape index (κ3) is 2.47. The Kier molecular flexibility index (Phi) is 4.55. The summed E-state index contributed by atoms with van der Waals surface area (Å²) in [5, 5.41) is -0.284. The van der Waals surface area contributed by atoms with Crippen molar-refractivity contribution in [2.45, 2.75) is 43.4 Å². The van der Waals surface area contributed by atoms with Gasteiger partial charge in [-0.05, 0) is 44.9 Å². The third-order valence-corrected chi connectivity index (χ3v) is 8.96. The highest BCUT2D eigenvalue weighted by Crippen LogP contribution is 2.75. The van der Waals surface area contributed by atoms with Gasteiger partial charge in [-0.2, -0.15) is 0 Å². The molecule has 5 rings (SSSR count). The summed E-state index contributed by atoms with van der Waals surface area (Å²) in [6.45, 7) is 5.17. The van der Waals surface area contributed by atoms with Crippen molar-refractivity contribution in [1.82, 2.24) is 9.80 Å². The molecule has 0 bridgehead atoms. The lowest BCUT2D eigenvalue weighted by Gasteiger charge is -2.48. The molecule has 172 valence electrons. The van der Waals surface area contributed by atoms with Gasteiger partial charge < -0.3 is 9.47 Å². The van der Waals surface area contributed by atoms with Crippen molar-refractivity contribution in [1.29, 1.82) is 0 Å². The highest BCUT2D eigenvalue weighted by Gasteiger charge is 2.81. The number of ether oxygens (including phenoxy) is 2. The minimum atomic E-state index is -1.28. The maximum atomic E-state index is 13.9. The molecule has 10 heteroatoms. The molecule has 33 heavy (non-hydrogen) atoms. The van der Waals surface area contributed by atoms with E-state index >= 15 is 0 Å². The molecule has 0 radical (unpaired) electrons. The first-order chi connectivity index (χ1) is 15.7. The minimum absolute atomic E-state index is 0.0713. The number of hydrogen-bond acceptors (Lipinski definition) is 8. The molecule has 0 aromatic heterocycles. The highest BCUT2D eigenvalue weighted by molar-refractivity contribution is 8.09. The molecule has 4 atom stereocenters. The minimum Gasteiger partial charge on any atom is -0.469 e. The lowest BCUT2D eigenvalue weighted by molar-refractivity contribution is -0.167. The van der Waals surface area contributed by atoms with E-state index in [1.54, 1.807) is 32.9 Å². The SMILES string of the molecule is CCOC(=O)C1=C(C)C2SC23N1C(=O)C(N1C(=O)c2ccccc2C1=O)CC3(C)C(=O)OC. The standard InChI is InChI=1S/C23H22N2O7S/c1-5-32-20(29)15-11(2)16-23(33-16)22(3,21(30)31-4)10-14(19(28)25(15)23)24-17(26)12-8-6-7-9-13(12)18(24)27/h6-9,14,16H,5,10H2,1-4H3. The van der Waals surface area contributed by atoms with Gasteiger partial charge in [0.25, 0.3) is 17.7 Å². The quantitative estimate of drug-likeness (QED) is 0.372. The van der Waals surface area contributed by atoms with Gasteiger partial charge in [-0.1, -0.05) is 12.1 Å². The van der Waals surface area contributed by atoms with Crippen LogP contribution in [0.4, 0.5) is 0 Å². The van der Waals surface area contributed by atoms with E-state index in [1.165, 1.54) is 35.9 Å². The Bertz CT molecular complexity index is 1160. The van der Waals surface area contributed by atoms with Crippen LogP contribution < -0.4 is 0 Å². The number of carbonyl (C=O) groups is 5. The van der Waals surface area contributed by atoms with Crippen LogP contribution in [-0.4, -0.2) is 69.3 Å². The van der Waals surface area contributed by atoms with Crippen LogP contribution in [0.1, 0.15) is 47.9 Å². The number of rotatable bonds is 4. The van der Waals surface area contributed by atoms with E-state index < -0.39 is 46.0 Å². The Balaban J connectivity index is 1.64. The van der Waals surface area contributed by atoms with Crippen LogP contribution in [0, 0.1) is 5.41 Å². The van der Waals surface area contributed by atoms with Gasteiger partial charge >= 0.3 is 11.9 Å². The van der Waals surface area contributed by atoms with E-state index in [4.69, 9.17) is 9.47 Å². The number of fused-ring (bicyclic) bond motifs is 1. The largest absolute Gasteiger partial charge is 0.469 e. The molecule has 1 aromatic carbocycles. The average Bonchev–Trinajstić information content (AvgIpc) is 3.43. The molecule has 4 heterocycles. The summed E-state index contributed by atoms with van der Waals surface area (Å²) in [6.07, 6.45) is -0.104. The number of hydrogen-bond donors (Lipinski definition) is 0. The van der Waals surface area contributed by atoms with E-state index in [0.717, 1.165) is 4.90 Å². The van der Waals surface area contributed by atoms with E-state index in [2.05, 4.69) is 0 Å². The zero-order valence-electron chi connectivity index (χ0n) is 18.5. The van der Waals surface area contributed by atoms with Gasteiger partial charge in [0.1, 0.15) is 22.0 Å². The van der Waals surface area contributed by atoms with Crippen molar-refractivity contribution in [2.24, 2.45) is 5.41 Å². The van der Waals surface area contributed by atoms with Crippen molar-refractivity contribution in [3.05, 3.63) is 46.7 Å². The van der Waals surface area contributed by atoms with Gasteiger partial charge in [0, 0.05) is 0 Å². The molecule has 2 saturated heterocycles. The van der Waals surface area contributed by atoms with Crippen molar-refractivity contribution in [3.8, 4) is 0 Å². The zero-order valence-corrected chi connectivity index (χ0v) is 19.4. The van der Waals surface area contributed by atoms with Gasteiger partial charge in [-0.3, -0.25) is 29.0 Å². The van der Waals surface area contributed by atoms with Crippen LogP contribution in [-0.2, 0) is 23.9 Å². The molecular formula is C23H22N2O7S. The second kappa shape index (κ2) is 6.93. The number of benzene rings is 1. The molecule has 9 nitrogen and oxygen atoms in total. The van der Waals surface area contributed by atoms with Crippen molar-refractivity contribution >= 4 is 41.4 Å². The molecule has 0 saturated carbocycles. The van der Waals surface area contributed by atoms with Crippen LogP contribution in [0.15, 0.2) is 35.5 Å². The number of esters is 2. The fraction of sp³-hybridized carbons (Fsp3) is 0.435. The second-order valence-corrected chi connectivity index (χ2v) is 10.0. The lowest BCUT2D eigenvalue weighted by atomic mass is 9.71. The predicted molar refractivity (Wildman–Crippen MR) is 116 cm³/mol. The van der Waals surface area contributed by atoms with Crippen LogP contribution in [0.5, 0.6) is 0 Å². The number of nitrogens with zero attached hydrogens (tertiary/aromatic N) is 2. The van der Waals surface area contributed by atoms with E-state index in [0.29, 0.717) is 5.57 Å². The van der Waals surface area contributed by atoms with E-state index in [1.807, 2.05) is 0 Å². The number of piperidine rings is 1. The summed E-state index contributed by atoms with van der Waals surface area (Å²) in [5.74, 6) is -3.04. The van der Waals surface area contributed by atoms with Gasteiger partial charge in [-0.25, -0.2) is 4.79 Å². The monoisotopic (exact) mass is 470 g/mol.